The van der Waals surface area contributed by atoms with Gasteiger partial charge in [0.05, 0.1) is 31.5 Å². The lowest BCUT2D eigenvalue weighted by molar-refractivity contribution is -0.142. The number of hydrogen-bond acceptors (Lipinski definition) is 5. The predicted molar refractivity (Wildman–Crippen MR) is 109 cm³/mol. The van der Waals surface area contributed by atoms with Gasteiger partial charge in [-0.25, -0.2) is 13.8 Å². The molecule has 0 unspecified atom stereocenters. The number of carbonyl (C=O) groups is 1. The Hall–Kier alpha value is -3.55. The van der Waals surface area contributed by atoms with Crippen molar-refractivity contribution in [3.63, 3.8) is 0 Å². The molecule has 0 atom stereocenters. The maximum atomic E-state index is 13.3. The van der Waals surface area contributed by atoms with Crippen molar-refractivity contribution in [2.45, 2.75) is 26.3 Å². The summed E-state index contributed by atoms with van der Waals surface area (Å²) in [7, 11) is 1.58. The molecule has 3 aromatic rings. The van der Waals surface area contributed by atoms with Crippen molar-refractivity contribution in [3.8, 4) is 17.3 Å². The summed E-state index contributed by atoms with van der Waals surface area (Å²) in [5.41, 5.74) is 0.884. The van der Waals surface area contributed by atoms with E-state index in [4.69, 9.17) is 9.47 Å². The second-order valence-electron chi connectivity index (χ2n) is 6.60. The van der Waals surface area contributed by atoms with Gasteiger partial charge in [0.2, 0.25) is 5.88 Å². The summed E-state index contributed by atoms with van der Waals surface area (Å²) >= 11 is 0. The lowest BCUT2D eigenvalue weighted by Crippen LogP contribution is -2.26. The summed E-state index contributed by atoms with van der Waals surface area (Å²) in [4.78, 5) is 25.1. The zero-order chi connectivity index (χ0) is 21.7. The summed E-state index contributed by atoms with van der Waals surface area (Å²) in [6.45, 7) is 2.11. The summed E-state index contributed by atoms with van der Waals surface area (Å²) in [6, 6.07) is 12.6. The molecule has 0 saturated carbocycles. The second-order valence-corrected chi connectivity index (χ2v) is 6.60. The molecule has 0 fully saturated rings. The molecule has 0 bridgehead atoms. The van der Waals surface area contributed by atoms with Crippen LogP contribution >= 0.6 is 0 Å². The van der Waals surface area contributed by atoms with Gasteiger partial charge in [-0.05, 0) is 55.3 Å². The molecular weight excluding hydrogens is 391 g/mol. The number of hydrogen-bond donors (Lipinski definition) is 1. The lowest BCUT2D eigenvalue weighted by atomic mass is 10.1. The summed E-state index contributed by atoms with van der Waals surface area (Å²) < 4.78 is 25.8. The zero-order valence-corrected chi connectivity index (χ0v) is 16.8. The van der Waals surface area contributed by atoms with Crippen LogP contribution in [0.1, 0.15) is 18.2 Å². The first kappa shape index (κ1) is 21.2. The standard InChI is InChI=1S/C22H23FN2O5/c1-3-30-20(26)14-19-21(27)25(17-8-6-16(23)7-9-17)22(28)24(19)13-12-15-4-10-18(29-2)11-5-15/h4-11,27H,3,12-14H2,1-2H3. The van der Waals surface area contributed by atoms with Crippen LogP contribution in [0.3, 0.4) is 0 Å². The number of benzene rings is 2. The number of aromatic hydroxyl groups is 1. The van der Waals surface area contributed by atoms with Gasteiger partial charge in [0, 0.05) is 6.54 Å². The van der Waals surface area contributed by atoms with E-state index in [1.54, 1.807) is 14.0 Å². The normalized spacial score (nSPS) is 10.8. The molecule has 0 aliphatic heterocycles. The monoisotopic (exact) mass is 414 g/mol. The van der Waals surface area contributed by atoms with Gasteiger partial charge >= 0.3 is 11.7 Å². The minimum absolute atomic E-state index is 0.149. The summed E-state index contributed by atoms with van der Waals surface area (Å²) in [5, 5.41) is 10.7. The third kappa shape index (κ3) is 4.53. The van der Waals surface area contributed by atoms with Gasteiger partial charge in [-0.2, -0.15) is 0 Å². The van der Waals surface area contributed by atoms with E-state index in [1.165, 1.54) is 28.8 Å². The topological polar surface area (TPSA) is 82.7 Å². The van der Waals surface area contributed by atoms with Gasteiger partial charge in [-0.3, -0.25) is 9.36 Å². The van der Waals surface area contributed by atoms with Crippen LogP contribution in [0.25, 0.3) is 5.69 Å². The second kappa shape index (κ2) is 9.30. The largest absolute Gasteiger partial charge is 0.497 e. The molecule has 0 saturated heterocycles. The Morgan fingerprint density at radius 1 is 1.10 bits per heavy atom. The molecular formula is C22H23FN2O5. The van der Waals surface area contributed by atoms with Crippen molar-refractivity contribution in [2.24, 2.45) is 0 Å². The third-order valence-electron chi connectivity index (χ3n) is 4.70. The molecule has 158 valence electrons. The smallest absolute Gasteiger partial charge is 0.335 e. The Kier molecular flexibility index (Phi) is 6.56. The number of esters is 1. The Labute approximate surface area is 172 Å². The number of rotatable bonds is 8. The quantitative estimate of drug-likeness (QED) is 0.573. The van der Waals surface area contributed by atoms with Crippen molar-refractivity contribution in [1.29, 1.82) is 0 Å². The first-order chi connectivity index (χ1) is 14.4. The number of halogens is 1. The molecule has 1 heterocycles. The number of aryl methyl sites for hydroxylation is 1. The van der Waals surface area contributed by atoms with Crippen molar-refractivity contribution < 1.29 is 23.8 Å². The molecule has 2 aromatic carbocycles. The SMILES string of the molecule is CCOC(=O)Cc1c(O)n(-c2ccc(F)cc2)c(=O)n1CCc1ccc(OC)cc1. The number of methoxy groups -OCH3 is 1. The number of ether oxygens (including phenoxy) is 2. The van der Waals surface area contributed by atoms with Crippen molar-refractivity contribution in [1.82, 2.24) is 9.13 Å². The van der Waals surface area contributed by atoms with E-state index in [-0.39, 0.29) is 31.1 Å². The van der Waals surface area contributed by atoms with Crippen LogP contribution in [0.15, 0.2) is 53.3 Å². The highest BCUT2D eigenvalue weighted by Gasteiger charge is 2.23. The highest BCUT2D eigenvalue weighted by Crippen LogP contribution is 2.22. The van der Waals surface area contributed by atoms with Crippen molar-refractivity contribution in [2.75, 3.05) is 13.7 Å². The zero-order valence-electron chi connectivity index (χ0n) is 16.8. The molecule has 0 radical (unpaired) electrons. The molecule has 7 nitrogen and oxygen atoms in total. The molecule has 0 spiro atoms. The van der Waals surface area contributed by atoms with Gasteiger partial charge in [-0.1, -0.05) is 12.1 Å². The molecule has 1 N–H and O–H groups in total. The third-order valence-corrected chi connectivity index (χ3v) is 4.70. The van der Waals surface area contributed by atoms with E-state index < -0.39 is 17.5 Å². The average Bonchev–Trinajstić information content (AvgIpc) is 2.97. The van der Waals surface area contributed by atoms with E-state index in [2.05, 4.69) is 0 Å². The van der Waals surface area contributed by atoms with Crippen LogP contribution in [-0.2, 0) is 28.9 Å². The fraction of sp³-hybridized carbons (Fsp3) is 0.273. The van der Waals surface area contributed by atoms with E-state index in [0.717, 1.165) is 15.9 Å². The van der Waals surface area contributed by atoms with Crippen LogP contribution in [0.2, 0.25) is 0 Å². The minimum Gasteiger partial charge on any atom is -0.497 e. The van der Waals surface area contributed by atoms with Gasteiger partial charge in [-0.15, -0.1) is 0 Å². The number of nitrogens with zero attached hydrogens (tertiary/aromatic N) is 2. The van der Waals surface area contributed by atoms with Crippen LogP contribution < -0.4 is 10.4 Å². The first-order valence-corrected chi connectivity index (χ1v) is 9.52. The molecule has 0 aliphatic carbocycles. The number of aromatic nitrogens is 2. The Morgan fingerprint density at radius 3 is 2.37 bits per heavy atom. The van der Waals surface area contributed by atoms with Crippen LogP contribution in [0, 0.1) is 5.82 Å². The van der Waals surface area contributed by atoms with Crippen molar-refractivity contribution >= 4 is 5.97 Å². The molecule has 0 aliphatic rings. The van der Waals surface area contributed by atoms with Crippen LogP contribution in [0.5, 0.6) is 11.6 Å². The molecule has 8 heteroatoms. The number of imidazole rings is 1. The molecule has 0 amide bonds. The molecule has 1 aromatic heterocycles. The number of carbonyl (C=O) groups excluding carboxylic acids is 1. The van der Waals surface area contributed by atoms with Crippen molar-refractivity contribution in [3.05, 3.63) is 76.1 Å². The fourth-order valence-electron chi connectivity index (χ4n) is 3.19. The molecule has 3 rings (SSSR count). The maximum absolute atomic E-state index is 13.3. The highest BCUT2D eigenvalue weighted by atomic mass is 19.1. The van der Waals surface area contributed by atoms with E-state index in [9.17, 15) is 19.1 Å². The highest BCUT2D eigenvalue weighted by molar-refractivity contribution is 5.72. The van der Waals surface area contributed by atoms with E-state index in [0.29, 0.717) is 12.1 Å². The minimum atomic E-state index is -0.553. The maximum Gasteiger partial charge on any atom is 0.335 e. The van der Waals surface area contributed by atoms with E-state index in [1.807, 2.05) is 24.3 Å². The van der Waals surface area contributed by atoms with Crippen LogP contribution in [0.4, 0.5) is 4.39 Å². The Bertz CT molecular complexity index is 1070. The Morgan fingerprint density at radius 2 is 1.77 bits per heavy atom. The fourth-order valence-corrected chi connectivity index (χ4v) is 3.19. The van der Waals surface area contributed by atoms with Gasteiger partial charge in [0.25, 0.3) is 0 Å². The lowest BCUT2D eigenvalue weighted by Gasteiger charge is -2.08. The average molecular weight is 414 g/mol. The van der Waals surface area contributed by atoms with E-state index >= 15 is 0 Å². The predicted octanol–water partition coefficient (Wildman–Crippen LogP) is 2.84. The first-order valence-electron chi connectivity index (χ1n) is 9.52. The van der Waals surface area contributed by atoms with Gasteiger partial charge < -0.3 is 14.6 Å². The summed E-state index contributed by atoms with van der Waals surface area (Å²) in [6.07, 6.45) is 0.234. The van der Waals surface area contributed by atoms with Gasteiger partial charge in [0.15, 0.2) is 0 Å². The summed E-state index contributed by atoms with van der Waals surface area (Å²) in [5.74, 6) is -0.660. The van der Waals surface area contributed by atoms with Gasteiger partial charge in [0.1, 0.15) is 11.6 Å². The van der Waals surface area contributed by atoms with Crippen LogP contribution in [-0.4, -0.2) is 33.9 Å². The Balaban J connectivity index is 1.97. The molecule has 30 heavy (non-hydrogen) atoms.